The summed E-state index contributed by atoms with van der Waals surface area (Å²) in [6, 6.07) is 13.7. The van der Waals surface area contributed by atoms with E-state index in [9.17, 15) is 9.59 Å². The summed E-state index contributed by atoms with van der Waals surface area (Å²) < 4.78 is 0. The van der Waals surface area contributed by atoms with E-state index in [1.165, 1.54) is 12.8 Å². The molecule has 26 heavy (non-hydrogen) atoms. The van der Waals surface area contributed by atoms with E-state index in [-0.39, 0.29) is 24.2 Å². The Morgan fingerprint density at radius 2 is 1.50 bits per heavy atom. The molecule has 1 fully saturated rings. The lowest BCUT2D eigenvalue weighted by Crippen LogP contribution is -2.29. The zero-order valence-electron chi connectivity index (χ0n) is 14.1. The molecule has 3 N–H and O–H groups in total. The number of benzene rings is 2. The van der Waals surface area contributed by atoms with E-state index < -0.39 is 0 Å². The Morgan fingerprint density at radius 1 is 0.923 bits per heavy atom. The predicted molar refractivity (Wildman–Crippen MR) is 107 cm³/mol. The lowest BCUT2D eigenvalue weighted by atomic mass is 10.2. The highest BCUT2D eigenvalue weighted by molar-refractivity contribution is 6.30. The third-order valence-electron chi connectivity index (χ3n) is 3.95. The molecule has 3 rings (SSSR count). The van der Waals surface area contributed by atoms with E-state index in [2.05, 4.69) is 16.0 Å². The molecule has 0 spiro atoms. The number of hydrogen-bond donors (Lipinski definition) is 3. The standard InChI is InChI=1S/C19H20ClN3O2.ClH/c20-15-5-3-14(4-6-15)19(25)23-17-9-7-16(8-10-17)22-18(24)12-21-11-13-1-2-13;/h3-10,13,21H,1-2,11-12H2,(H,22,24)(H,23,25);1H. The highest BCUT2D eigenvalue weighted by Crippen LogP contribution is 2.27. The van der Waals surface area contributed by atoms with Crippen LogP contribution < -0.4 is 16.0 Å². The number of halogens is 2. The van der Waals surface area contributed by atoms with Crippen LogP contribution >= 0.6 is 24.0 Å². The van der Waals surface area contributed by atoms with E-state index in [0.29, 0.717) is 28.5 Å². The number of anilines is 2. The first-order valence-corrected chi connectivity index (χ1v) is 8.65. The van der Waals surface area contributed by atoms with Crippen LogP contribution in [0.25, 0.3) is 0 Å². The molecule has 0 unspecified atom stereocenters. The van der Waals surface area contributed by atoms with E-state index in [0.717, 1.165) is 12.5 Å². The van der Waals surface area contributed by atoms with Crippen molar-refractivity contribution in [3.63, 3.8) is 0 Å². The summed E-state index contributed by atoms with van der Waals surface area (Å²) in [5.74, 6) is 0.465. The molecular weight excluding hydrogens is 373 g/mol. The third-order valence-corrected chi connectivity index (χ3v) is 4.20. The maximum Gasteiger partial charge on any atom is 0.255 e. The smallest absolute Gasteiger partial charge is 0.255 e. The average molecular weight is 394 g/mol. The SMILES string of the molecule is Cl.O=C(CNCC1CC1)Nc1ccc(NC(=O)c2ccc(Cl)cc2)cc1. The molecule has 0 aliphatic heterocycles. The minimum Gasteiger partial charge on any atom is -0.325 e. The van der Waals surface area contributed by atoms with Gasteiger partial charge in [0.1, 0.15) is 0 Å². The summed E-state index contributed by atoms with van der Waals surface area (Å²) in [7, 11) is 0. The molecule has 0 bridgehead atoms. The minimum atomic E-state index is -0.210. The molecule has 1 aliphatic carbocycles. The van der Waals surface area contributed by atoms with E-state index in [1.54, 1.807) is 48.5 Å². The van der Waals surface area contributed by atoms with Crippen LogP contribution in [0.3, 0.4) is 0 Å². The molecule has 7 heteroatoms. The van der Waals surface area contributed by atoms with Gasteiger partial charge in [0.15, 0.2) is 0 Å². The van der Waals surface area contributed by atoms with Gasteiger partial charge in [0.25, 0.3) is 5.91 Å². The Labute approximate surface area is 163 Å². The van der Waals surface area contributed by atoms with Crippen LogP contribution in [0.15, 0.2) is 48.5 Å². The molecule has 0 saturated heterocycles. The lowest BCUT2D eigenvalue weighted by molar-refractivity contribution is -0.115. The van der Waals surface area contributed by atoms with Gasteiger partial charge in [-0.15, -0.1) is 12.4 Å². The Hall–Kier alpha value is -2.08. The van der Waals surface area contributed by atoms with Crippen molar-refractivity contribution in [1.82, 2.24) is 5.32 Å². The first kappa shape index (κ1) is 20.2. The van der Waals surface area contributed by atoms with Crippen molar-refractivity contribution in [3.05, 3.63) is 59.1 Å². The molecule has 5 nitrogen and oxygen atoms in total. The molecule has 2 amide bonds. The van der Waals surface area contributed by atoms with Gasteiger partial charge in [-0.05, 0) is 73.8 Å². The first-order valence-electron chi connectivity index (χ1n) is 8.28. The molecule has 0 radical (unpaired) electrons. The maximum atomic E-state index is 12.1. The normalized spacial score (nSPS) is 12.8. The molecule has 0 heterocycles. The fourth-order valence-electron chi connectivity index (χ4n) is 2.36. The van der Waals surface area contributed by atoms with Crippen molar-refractivity contribution < 1.29 is 9.59 Å². The van der Waals surface area contributed by atoms with Crippen molar-refractivity contribution in [2.24, 2.45) is 5.92 Å². The van der Waals surface area contributed by atoms with Crippen molar-refractivity contribution in [1.29, 1.82) is 0 Å². The monoisotopic (exact) mass is 393 g/mol. The average Bonchev–Trinajstić information content (AvgIpc) is 3.41. The highest BCUT2D eigenvalue weighted by Gasteiger charge is 2.20. The summed E-state index contributed by atoms with van der Waals surface area (Å²) in [5, 5.41) is 9.37. The van der Waals surface area contributed by atoms with Crippen molar-refractivity contribution >= 4 is 47.2 Å². The van der Waals surface area contributed by atoms with Gasteiger partial charge in [0.2, 0.25) is 5.91 Å². The van der Waals surface area contributed by atoms with Gasteiger partial charge in [-0.25, -0.2) is 0 Å². The molecule has 1 aliphatic rings. The number of amides is 2. The van der Waals surface area contributed by atoms with Gasteiger partial charge in [-0.1, -0.05) is 11.6 Å². The van der Waals surface area contributed by atoms with Crippen LogP contribution in [0.5, 0.6) is 0 Å². The summed E-state index contributed by atoms with van der Waals surface area (Å²) >= 11 is 5.81. The molecule has 2 aromatic rings. The zero-order valence-corrected chi connectivity index (χ0v) is 15.7. The summed E-state index contributed by atoms with van der Waals surface area (Å²) in [6.45, 7) is 1.22. The number of rotatable bonds is 7. The van der Waals surface area contributed by atoms with Crippen molar-refractivity contribution in [3.8, 4) is 0 Å². The van der Waals surface area contributed by atoms with Gasteiger partial charge in [0.05, 0.1) is 6.54 Å². The first-order chi connectivity index (χ1) is 12.1. The third kappa shape index (κ3) is 6.33. The van der Waals surface area contributed by atoms with Gasteiger partial charge in [-0.2, -0.15) is 0 Å². The Morgan fingerprint density at radius 3 is 2.08 bits per heavy atom. The van der Waals surface area contributed by atoms with Crippen LogP contribution in [0.1, 0.15) is 23.2 Å². The number of carbonyl (C=O) groups excluding carboxylic acids is 2. The molecule has 138 valence electrons. The van der Waals surface area contributed by atoms with E-state index in [1.807, 2.05) is 0 Å². The van der Waals surface area contributed by atoms with E-state index >= 15 is 0 Å². The number of hydrogen-bond acceptors (Lipinski definition) is 3. The van der Waals surface area contributed by atoms with Crippen LogP contribution in [0.2, 0.25) is 5.02 Å². The fraction of sp³-hybridized carbons (Fsp3) is 0.263. The quantitative estimate of drug-likeness (QED) is 0.666. The number of carbonyl (C=O) groups is 2. The van der Waals surface area contributed by atoms with Gasteiger partial charge >= 0.3 is 0 Å². The molecule has 2 aromatic carbocycles. The van der Waals surface area contributed by atoms with Crippen molar-refractivity contribution in [2.45, 2.75) is 12.8 Å². The Kier molecular flexibility index (Phi) is 7.45. The Bertz CT molecular complexity index is 744. The maximum absolute atomic E-state index is 12.1. The lowest BCUT2D eigenvalue weighted by Gasteiger charge is -2.09. The van der Waals surface area contributed by atoms with Crippen molar-refractivity contribution in [2.75, 3.05) is 23.7 Å². The predicted octanol–water partition coefficient (Wildman–Crippen LogP) is 3.95. The summed E-state index contributed by atoms with van der Waals surface area (Å²) in [4.78, 5) is 24.0. The second-order valence-corrected chi connectivity index (χ2v) is 6.60. The largest absolute Gasteiger partial charge is 0.325 e. The van der Waals surface area contributed by atoms with Gasteiger partial charge < -0.3 is 16.0 Å². The fourth-order valence-corrected chi connectivity index (χ4v) is 2.48. The summed E-state index contributed by atoms with van der Waals surface area (Å²) in [5.41, 5.74) is 1.89. The molecule has 0 aromatic heterocycles. The molecule has 1 saturated carbocycles. The van der Waals surface area contributed by atoms with Crippen LogP contribution in [0, 0.1) is 5.92 Å². The van der Waals surface area contributed by atoms with Gasteiger partial charge in [0, 0.05) is 22.0 Å². The van der Waals surface area contributed by atoms with Gasteiger partial charge in [-0.3, -0.25) is 9.59 Å². The molecular formula is C19H21Cl2N3O2. The molecule has 0 atom stereocenters. The van der Waals surface area contributed by atoms with E-state index in [4.69, 9.17) is 11.6 Å². The summed E-state index contributed by atoms with van der Waals surface area (Å²) in [6.07, 6.45) is 2.52. The minimum absolute atomic E-state index is 0. The second kappa shape index (κ2) is 9.57. The van der Waals surface area contributed by atoms with Crippen LogP contribution in [-0.4, -0.2) is 24.9 Å². The Balaban J connectivity index is 0.00000243. The second-order valence-electron chi connectivity index (χ2n) is 6.16. The topological polar surface area (TPSA) is 70.2 Å². The van der Waals surface area contributed by atoms with Crippen LogP contribution in [0.4, 0.5) is 11.4 Å². The highest BCUT2D eigenvalue weighted by atomic mass is 35.5. The number of nitrogens with one attached hydrogen (secondary N) is 3. The van der Waals surface area contributed by atoms with Crippen LogP contribution in [-0.2, 0) is 4.79 Å². The zero-order chi connectivity index (χ0) is 17.6.